The van der Waals surface area contributed by atoms with Crippen LogP contribution >= 0.6 is 0 Å². The van der Waals surface area contributed by atoms with Crippen LogP contribution in [0, 0.1) is 22.7 Å². The molecule has 0 aliphatic heterocycles. The molecular formula is C26H40N2O3Si4. The Hall–Kier alpha value is -1.83. The maximum atomic E-state index is 9.41. The predicted molar refractivity (Wildman–Crippen MR) is 154 cm³/mol. The van der Waals surface area contributed by atoms with Gasteiger partial charge in [0.25, 0.3) is 0 Å². The van der Waals surface area contributed by atoms with Gasteiger partial charge in [0, 0.05) is 0 Å². The SMILES string of the molecule is CCCC[Si](C)(C)O[Si](C)(C)O[Si](C)(C)O[Si](C)(C)c1cccc(-c2ccc(C#N)c(C#N)c2)c1. The number of nitrogens with zero attached hydrogens (tertiary/aromatic N) is 2. The topological polar surface area (TPSA) is 75.3 Å². The van der Waals surface area contributed by atoms with E-state index in [0.29, 0.717) is 11.1 Å². The second-order valence-corrected chi connectivity index (χ2v) is 26.7. The van der Waals surface area contributed by atoms with E-state index in [-0.39, 0.29) is 0 Å². The predicted octanol–water partition coefficient (Wildman–Crippen LogP) is 6.97. The van der Waals surface area contributed by atoms with E-state index in [4.69, 9.17) is 12.3 Å². The van der Waals surface area contributed by atoms with Crippen LogP contribution in [-0.2, 0) is 12.3 Å². The third-order valence-corrected chi connectivity index (χ3v) is 21.2. The van der Waals surface area contributed by atoms with Crippen molar-refractivity contribution in [2.24, 2.45) is 0 Å². The summed E-state index contributed by atoms with van der Waals surface area (Å²) in [5, 5.41) is 19.8. The molecule has 0 heterocycles. The van der Waals surface area contributed by atoms with Gasteiger partial charge in [-0.05, 0) is 86.9 Å². The highest BCUT2D eigenvalue weighted by molar-refractivity contribution is 6.93. The summed E-state index contributed by atoms with van der Waals surface area (Å²) in [5.74, 6) is 0. The molecule has 9 heteroatoms. The Kier molecular flexibility index (Phi) is 9.64. The van der Waals surface area contributed by atoms with E-state index >= 15 is 0 Å². The third kappa shape index (κ3) is 8.65. The molecule has 2 aromatic rings. The van der Waals surface area contributed by atoms with Crippen LogP contribution in [0.3, 0.4) is 0 Å². The van der Waals surface area contributed by atoms with Gasteiger partial charge >= 0.3 is 17.1 Å². The Balaban J connectivity index is 2.24. The molecule has 0 amide bonds. The van der Waals surface area contributed by atoms with Gasteiger partial charge in [0.15, 0.2) is 8.32 Å². The molecule has 0 aliphatic carbocycles. The van der Waals surface area contributed by atoms with Crippen molar-refractivity contribution in [2.45, 2.75) is 78.2 Å². The van der Waals surface area contributed by atoms with Crippen LogP contribution in [-0.4, -0.2) is 33.8 Å². The quantitative estimate of drug-likeness (QED) is 0.288. The van der Waals surface area contributed by atoms with E-state index in [1.54, 1.807) is 12.1 Å². The molecule has 0 spiro atoms. The Morgan fingerprint density at radius 2 is 1.31 bits per heavy atom. The van der Waals surface area contributed by atoms with E-state index < -0.39 is 33.8 Å². The fourth-order valence-electron chi connectivity index (χ4n) is 4.61. The molecule has 0 N–H and O–H groups in total. The van der Waals surface area contributed by atoms with Gasteiger partial charge in [-0.2, -0.15) is 10.5 Å². The molecule has 2 rings (SSSR count). The van der Waals surface area contributed by atoms with Gasteiger partial charge in [0.05, 0.1) is 11.1 Å². The fourth-order valence-corrected chi connectivity index (χ4v) is 23.8. The molecule has 0 atom stereocenters. The van der Waals surface area contributed by atoms with E-state index in [1.807, 2.05) is 18.2 Å². The average molecular weight is 541 g/mol. The molecule has 2 aromatic carbocycles. The lowest BCUT2D eigenvalue weighted by atomic mass is 10.0. The van der Waals surface area contributed by atoms with Crippen molar-refractivity contribution in [3.8, 4) is 23.3 Å². The molecule has 0 aliphatic rings. The van der Waals surface area contributed by atoms with Crippen LogP contribution in [0.25, 0.3) is 11.1 Å². The van der Waals surface area contributed by atoms with Crippen LogP contribution in [0.5, 0.6) is 0 Å². The van der Waals surface area contributed by atoms with Crippen molar-refractivity contribution in [2.75, 3.05) is 0 Å². The second kappa shape index (κ2) is 11.5. The maximum absolute atomic E-state index is 9.41. The highest BCUT2D eigenvalue weighted by atomic mass is 28.5. The Morgan fingerprint density at radius 1 is 0.714 bits per heavy atom. The van der Waals surface area contributed by atoms with E-state index in [2.05, 4.69) is 83.6 Å². The monoisotopic (exact) mass is 540 g/mol. The zero-order chi connectivity index (χ0) is 26.5. The summed E-state index contributed by atoms with van der Waals surface area (Å²) in [6.07, 6.45) is 2.39. The standard InChI is InChI=1S/C26H40N2O3Si4/c1-10-11-17-32(2,3)29-34(6,7)31-35(8,9)30-33(4,5)26-14-12-13-22(19-26)23-15-16-24(20-27)25(18-23)21-28/h12-16,18-19H,10-11,17H2,1-9H3. The first-order valence-electron chi connectivity index (χ1n) is 12.3. The van der Waals surface area contributed by atoms with Gasteiger partial charge < -0.3 is 12.3 Å². The van der Waals surface area contributed by atoms with Gasteiger partial charge in [-0.3, -0.25) is 0 Å². The van der Waals surface area contributed by atoms with Gasteiger partial charge in [0.1, 0.15) is 12.1 Å². The molecule has 0 saturated carbocycles. The highest BCUT2D eigenvalue weighted by Crippen LogP contribution is 2.27. The summed E-state index contributed by atoms with van der Waals surface area (Å²) >= 11 is 0. The van der Waals surface area contributed by atoms with Crippen molar-refractivity contribution in [3.63, 3.8) is 0 Å². The van der Waals surface area contributed by atoms with Crippen molar-refractivity contribution in [1.29, 1.82) is 10.5 Å². The zero-order valence-corrected chi connectivity index (χ0v) is 26.8. The third-order valence-electron chi connectivity index (χ3n) is 5.80. The Bertz CT molecular complexity index is 1120. The number of rotatable bonds is 11. The van der Waals surface area contributed by atoms with Gasteiger partial charge in [0.2, 0.25) is 8.32 Å². The minimum atomic E-state index is -2.47. The Morgan fingerprint density at radius 3 is 1.91 bits per heavy atom. The maximum Gasteiger partial charge on any atom is 0.312 e. The minimum absolute atomic E-state index is 0.391. The minimum Gasteiger partial charge on any atom is -0.436 e. The largest absolute Gasteiger partial charge is 0.436 e. The molecule has 0 unspecified atom stereocenters. The summed E-state index contributed by atoms with van der Waals surface area (Å²) < 4.78 is 20.2. The summed E-state index contributed by atoms with van der Waals surface area (Å²) in [5.41, 5.74) is 2.71. The fraction of sp³-hybridized carbons (Fsp3) is 0.462. The number of nitriles is 2. The lowest BCUT2D eigenvalue weighted by Gasteiger charge is -2.41. The molecular weight excluding hydrogens is 501 g/mol. The smallest absolute Gasteiger partial charge is 0.312 e. The molecule has 35 heavy (non-hydrogen) atoms. The lowest BCUT2D eigenvalue weighted by molar-refractivity contribution is 0.330. The molecule has 0 radical (unpaired) electrons. The number of hydrogen-bond donors (Lipinski definition) is 0. The first kappa shape index (κ1) is 29.4. The number of benzene rings is 2. The van der Waals surface area contributed by atoms with Crippen molar-refractivity contribution in [1.82, 2.24) is 0 Å². The second-order valence-electron chi connectivity index (χ2n) is 11.0. The van der Waals surface area contributed by atoms with Crippen LogP contribution < -0.4 is 5.19 Å². The lowest BCUT2D eigenvalue weighted by Crippen LogP contribution is -2.59. The van der Waals surface area contributed by atoms with Gasteiger partial charge in [-0.1, -0.05) is 50.1 Å². The molecule has 0 fully saturated rings. The van der Waals surface area contributed by atoms with Crippen LogP contribution in [0.1, 0.15) is 30.9 Å². The summed E-state index contributed by atoms with van der Waals surface area (Å²) in [4.78, 5) is 0. The molecule has 0 saturated heterocycles. The van der Waals surface area contributed by atoms with Crippen molar-refractivity contribution in [3.05, 3.63) is 53.6 Å². The summed E-state index contributed by atoms with van der Waals surface area (Å²) in [6.45, 7) is 19.8. The molecule has 5 nitrogen and oxygen atoms in total. The number of unbranched alkanes of at least 4 members (excludes halogenated alkanes) is 1. The zero-order valence-electron chi connectivity index (χ0n) is 22.8. The van der Waals surface area contributed by atoms with E-state index in [0.717, 1.165) is 17.2 Å². The van der Waals surface area contributed by atoms with Crippen LogP contribution in [0.15, 0.2) is 42.5 Å². The summed E-state index contributed by atoms with van der Waals surface area (Å²) in [7, 11) is -8.89. The average Bonchev–Trinajstić information content (AvgIpc) is 2.74. The molecule has 0 aromatic heterocycles. The first-order valence-corrected chi connectivity index (χ1v) is 23.9. The number of hydrogen-bond acceptors (Lipinski definition) is 5. The van der Waals surface area contributed by atoms with E-state index in [1.165, 1.54) is 18.0 Å². The van der Waals surface area contributed by atoms with Crippen LogP contribution in [0.2, 0.25) is 58.4 Å². The first-order chi connectivity index (χ1) is 16.1. The van der Waals surface area contributed by atoms with E-state index in [9.17, 15) is 10.5 Å². The normalized spacial score (nSPS) is 12.8. The molecule has 0 bridgehead atoms. The van der Waals surface area contributed by atoms with Gasteiger partial charge in [-0.15, -0.1) is 0 Å². The van der Waals surface area contributed by atoms with Gasteiger partial charge in [-0.25, -0.2) is 0 Å². The van der Waals surface area contributed by atoms with Crippen molar-refractivity contribution < 1.29 is 12.3 Å². The summed E-state index contributed by atoms with van der Waals surface area (Å²) in [6, 6.07) is 19.1. The van der Waals surface area contributed by atoms with Crippen LogP contribution in [0.4, 0.5) is 0 Å². The molecule has 188 valence electrons. The highest BCUT2D eigenvalue weighted by Gasteiger charge is 2.43. The Labute approximate surface area is 216 Å². The van der Waals surface area contributed by atoms with Crippen molar-refractivity contribution >= 4 is 38.9 Å².